The molecule has 0 radical (unpaired) electrons. The Morgan fingerprint density at radius 2 is 1.57 bits per heavy atom. The average molecular weight is 527 g/mol. The van der Waals surface area contributed by atoms with Gasteiger partial charge in [-0.2, -0.15) is 0 Å². The zero-order chi connectivity index (χ0) is 26.4. The summed E-state index contributed by atoms with van der Waals surface area (Å²) in [5.41, 5.74) is 3.95. The number of hydrogen-bond donors (Lipinski definition) is 3. The summed E-state index contributed by atoms with van der Waals surface area (Å²) in [5, 5.41) is 8.74. The Balaban J connectivity index is 1.32. The highest BCUT2D eigenvalue weighted by Crippen LogP contribution is 2.44. The molecule has 1 saturated heterocycles. The largest absolute Gasteiger partial charge is 0.449 e. The van der Waals surface area contributed by atoms with E-state index in [1.54, 1.807) is 20.8 Å². The maximum Gasteiger partial charge on any atom is 0.408 e. The van der Waals surface area contributed by atoms with E-state index in [9.17, 15) is 14.4 Å². The van der Waals surface area contributed by atoms with Gasteiger partial charge < -0.3 is 25.4 Å². The van der Waals surface area contributed by atoms with Gasteiger partial charge in [-0.05, 0) is 49.4 Å². The molecule has 2 aromatic carbocycles. The van der Waals surface area contributed by atoms with Crippen molar-refractivity contribution in [2.45, 2.75) is 44.8 Å². The van der Waals surface area contributed by atoms with E-state index >= 15 is 0 Å². The Morgan fingerprint density at radius 1 is 0.973 bits per heavy atom. The van der Waals surface area contributed by atoms with E-state index in [0.29, 0.717) is 0 Å². The number of rotatable bonds is 7. The smallest absolute Gasteiger partial charge is 0.408 e. The van der Waals surface area contributed by atoms with Gasteiger partial charge in [0.25, 0.3) is 0 Å². The standard InChI is InChI=1S/C28H35N3O5S/c1-28(2,3)36-27(34)31-24(25(32)37-16-14-29-15-17-37)12-13-30-26(33)35-18-23-21-10-6-4-8-19(21)20-9-5-7-11-22(20)23/h4-11,23-24,29H,12-18H2,1-3H3,(H-,30,31,33,34)/p+1/t24-/m0/s1. The van der Waals surface area contributed by atoms with Gasteiger partial charge in [0.2, 0.25) is 0 Å². The molecular formula is C28H36N3O5S+. The van der Waals surface area contributed by atoms with Crippen molar-refractivity contribution in [3.05, 3.63) is 59.7 Å². The number of carbonyl (C=O) groups is 3. The van der Waals surface area contributed by atoms with Crippen LogP contribution in [-0.4, -0.2) is 66.7 Å². The molecule has 8 nitrogen and oxygen atoms in total. The average Bonchev–Trinajstić information content (AvgIpc) is 3.19. The summed E-state index contributed by atoms with van der Waals surface area (Å²) in [6, 6.07) is 15.6. The number of ether oxygens (including phenoxy) is 2. The molecular weight excluding hydrogens is 490 g/mol. The quantitative estimate of drug-likeness (QED) is 0.477. The van der Waals surface area contributed by atoms with Crippen LogP contribution in [0.25, 0.3) is 11.1 Å². The third-order valence-electron chi connectivity index (χ3n) is 6.36. The predicted molar refractivity (Wildman–Crippen MR) is 146 cm³/mol. The Labute approximate surface area is 221 Å². The molecule has 1 aliphatic heterocycles. The van der Waals surface area contributed by atoms with E-state index in [4.69, 9.17) is 9.47 Å². The van der Waals surface area contributed by atoms with Crippen molar-refractivity contribution in [2.24, 2.45) is 0 Å². The third kappa shape index (κ3) is 7.05. The molecule has 0 unspecified atom stereocenters. The molecule has 1 fully saturated rings. The number of nitrogens with one attached hydrogen (secondary N) is 3. The molecule has 37 heavy (non-hydrogen) atoms. The maximum absolute atomic E-state index is 13.2. The molecule has 1 aliphatic carbocycles. The van der Waals surface area contributed by atoms with Crippen LogP contribution in [0.1, 0.15) is 44.2 Å². The minimum absolute atomic E-state index is 0.00157. The van der Waals surface area contributed by atoms with Crippen molar-refractivity contribution in [3.63, 3.8) is 0 Å². The number of fused-ring (bicyclic) bond motifs is 3. The van der Waals surface area contributed by atoms with Crippen LogP contribution < -0.4 is 16.0 Å². The maximum atomic E-state index is 13.2. The number of hydrogen-bond acceptors (Lipinski definition) is 6. The fourth-order valence-electron chi connectivity index (χ4n) is 4.69. The Morgan fingerprint density at radius 3 is 2.16 bits per heavy atom. The molecule has 4 rings (SSSR count). The van der Waals surface area contributed by atoms with Crippen molar-refractivity contribution >= 4 is 28.2 Å². The molecule has 0 saturated carbocycles. The lowest BCUT2D eigenvalue weighted by atomic mass is 9.98. The van der Waals surface area contributed by atoms with Crippen LogP contribution in [0.5, 0.6) is 0 Å². The van der Waals surface area contributed by atoms with Gasteiger partial charge in [0.05, 0.1) is 10.9 Å². The van der Waals surface area contributed by atoms with Gasteiger partial charge in [-0.3, -0.25) is 0 Å². The number of benzene rings is 2. The third-order valence-corrected chi connectivity index (χ3v) is 8.60. The molecule has 9 heteroatoms. The fourth-order valence-corrected chi connectivity index (χ4v) is 6.65. The van der Waals surface area contributed by atoms with Gasteiger partial charge in [-0.25, -0.2) is 14.4 Å². The van der Waals surface area contributed by atoms with Gasteiger partial charge >= 0.3 is 17.3 Å². The zero-order valence-electron chi connectivity index (χ0n) is 21.7. The van der Waals surface area contributed by atoms with Crippen LogP contribution in [-0.2, 0) is 25.2 Å². The second kappa shape index (κ2) is 12.0. The first-order valence-corrected chi connectivity index (χ1v) is 14.3. The van der Waals surface area contributed by atoms with Gasteiger partial charge in [-0.15, -0.1) is 0 Å². The summed E-state index contributed by atoms with van der Waals surface area (Å²) >= 11 is 0. The summed E-state index contributed by atoms with van der Waals surface area (Å²) in [6.07, 6.45) is -0.917. The number of alkyl carbamates (subject to hydrolysis) is 2. The first-order valence-electron chi connectivity index (χ1n) is 12.7. The van der Waals surface area contributed by atoms with Gasteiger partial charge in [-0.1, -0.05) is 48.5 Å². The first-order chi connectivity index (χ1) is 17.7. The summed E-state index contributed by atoms with van der Waals surface area (Å²) in [4.78, 5) is 38.1. The van der Waals surface area contributed by atoms with Gasteiger partial charge in [0, 0.05) is 25.6 Å². The second-order valence-electron chi connectivity index (χ2n) is 10.2. The van der Waals surface area contributed by atoms with Crippen molar-refractivity contribution in [3.8, 4) is 11.1 Å². The summed E-state index contributed by atoms with van der Waals surface area (Å²) in [7, 11) is -0.436. The monoisotopic (exact) mass is 526 g/mol. The molecule has 3 N–H and O–H groups in total. The minimum Gasteiger partial charge on any atom is -0.449 e. The zero-order valence-corrected chi connectivity index (χ0v) is 22.5. The lowest BCUT2D eigenvalue weighted by molar-refractivity contribution is -0.113. The number of amides is 2. The highest BCUT2D eigenvalue weighted by atomic mass is 32.2. The topological polar surface area (TPSA) is 106 Å². The molecule has 2 aromatic rings. The minimum atomic E-state index is -0.731. The molecule has 0 bridgehead atoms. The number of carbonyl (C=O) groups excluding carboxylic acids is 3. The molecule has 1 atom stereocenters. The molecule has 0 aromatic heterocycles. The lowest BCUT2D eigenvalue weighted by Gasteiger charge is -2.23. The van der Waals surface area contributed by atoms with Crippen molar-refractivity contribution in [1.29, 1.82) is 0 Å². The Kier molecular flexibility index (Phi) is 8.76. The highest BCUT2D eigenvalue weighted by Gasteiger charge is 2.38. The Bertz CT molecular complexity index is 1080. The summed E-state index contributed by atoms with van der Waals surface area (Å²) < 4.78 is 11.0. The van der Waals surface area contributed by atoms with Crippen molar-refractivity contribution in [2.75, 3.05) is 37.7 Å². The van der Waals surface area contributed by atoms with E-state index in [-0.39, 0.29) is 30.6 Å². The van der Waals surface area contributed by atoms with Gasteiger partial charge in [0.15, 0.2) is 0 Å². The van der Waals surface area contributed by atoms with E-state index in [2.05, 4.69) is 40.2 Å². The predicted octanol–water partition coefficient (Wildman–Crippen LogP) is 3.56. The summed E-state index contributed by atoms with van der Waals surface area (Å²) in [6.45, 7) is 7.30. The van der Waals surface area contributed by atoms with E-state index in [1.807, 2.05) is 24.3 Å². The fraction of sp³-hybridized carbons (Fsp3) is 0.464. The van der Waals surface area contributed by atoms with Crippen LogP contribution in [0.3, 0.4) is 0 Å². The second-order valence-corrected chi connectivity index (χ2v) is 12.4. The van der Waals surface area contributed by atoms with Crippen LogP contribution >= 0.6 is 0 Å². The molecule has 198 valence electrons. The van der Waals surface area contributed by atoms with Crippen LogP contribution in [0.4, 0.5) is 9.59 Å². The van der Waals surface area contributed by atoms with E-state index in [1.165, 1.54) is 11.1 Å². The SMILES string of the molecule is CC(C)(C)OC(=O)N[C@@H](CCNC(=O)OCC1c2ccccc2-c2ccccc21)C(=O)[S+]1CCNCC1. The first kappa shape index (κ1) is 27.0. The molecule has 1 heterocycles. The van der Waals surface area contributed by atoms with Crippen LogP contribution in [0, 0.1) is 0 Å². The van der Waals surface area contributed by atoms with Gasteiger partial charge in [0.1, 0.15) is 29.8 Å². The van der Waals surface area contributed by atoms with E-state index < -0.39 is 34.7 Å². The molecule has 2 aliphatic rings. The Hall–Kier alpha value is -3.04. The van der Waals surface area contributed by atoms with E-state index in [0.717, 1.165) is 35.7 Å². The lowest BCUT2D eigenvalue weighted by Crippen LogP contribution is -2.51. The van der Waals surface area contributed by atoms with Crippen molar-refractivity contribution in [1.82, 2.24) is 16.0 Å². The van der Waals surface area contributed by atoms with Crippen LogP contribution in [0.15, 0.2) is 48.5 Å². The normalized spacial score (nSPS) is 16.3. The summed E-state index contributed by atoms with van der Waals surface area (Å²) in [5.74, 6) is 1.48. The molecule has 2 amide bonds. The molecule has 0 spiro atoms. The van der Waals surface area contributed by atoms with Crippen LogP contribution in [0.2, 0.25) is 0 Å². The highest BCUT2D eigenvalue weighted by molar-refractivity contribution is 8.11. The van der Waals surface area contributed by atoms with Crippen molar-refractivity contribution < 1.29 is 23.9 Å².